The number of nitrogens with one attached hydrogen (secondary N) is 1. The minimum absolute atomic E-state index is 0.0353. The highest BCUT2D eigenvalue weighted by atomic mass is 19.3. The summed E-state index contributed by atoms with van der Waals surface area (Å²) in [4.78, 5) is 22.0. The van der Waals surface area contributed by atoms with Crippen LogP contribution in [0.1, 0.15) is 10.5 Å². The molecule has 182 valence electrons. The number of halogens is 3. The van der Waals surface area contributed by atoms with Crippen molar-refractivity contribution in [3.8, 4) is 16.9 Å². The molecule has 2 atom stereocenters. The molecule has 2 fully saturated rings. The lowest BCUT2D eigenvalue weighted by Gasteiger charge is -2.18. The number of carboxylic acid groups (broad SMARTS) is 1. The lowest BCUT2D eigenvalue weighted by atomic mass is 10.0. The third-order valence-corrected chi connectivity index (χ3v) is 5.89. The van der Waals surface area contributed by atoms with Crippen LogP contribution >= 0.6 is 0 Å². The molecule has 2 N–H and O–H groups in total. The van der Waals surface area contributed by atoms with Gasteiger partial charge >= 0.3 is 12.6 Å². The van der Waals surface area contributed by atoms with Crippen molar-refractivity contribution in [1.29, 1.82) is 0 Å². The van der Waals surface area contributed by atoms with E-state index < -0.39 is 18.4 Å². The second-order valence-electron chi connectivity index (χ2n) is 8.15. The van der Waals surface area contributed by atoms with Gasteiger partial charge in [-0.1, -0.05) is 12.1 Å². The number of hydrogen-bond acceptors (Lipinski definition) is 9. The van der Waals surface area contributed by atoms with Gasteiger partial charge in [-0.15, -0.1) is 10.2 Å². The van der Waals surface area contributed by atoms with E-state index in [1.54, 1.807) is 0 Å². The summed E-state index contributed by atoms with van der Waals surface area (Å²) in [7, 11) is 0. The van der Waals surface area contributed by atoms with Gasteiger partial charge < -0.3 is 24.8 Å². The number of fused-ring (bicyclic) bond motifs is 1. The second-order valence-corrected chi connectivity index (χ2v) is 8.15. The van der Waals surface area contributed by atoms with Crippen LogP contribution in [0.4, 0.5) is 30.8 Å². The molecule has 2 saturated heterocycles. The normalized spacial score (nSPS) is 19.1. The Kier molecular flexibility index (Phi) is 6.07. The topological polar surface area (TPSA) is 123 Å². The average molecular weight is 488 g/mol. The van der Waals surface area contributed by atoms with Gasteiger partial charge in [0, 0.05) is 30.5 Å². The molecule has 3 aromatic rings. The number of carbonyl (C=O) groups is 1. The van der Waals surface area contributed by atoms with E-state index in [2.05, 4.69) is 30.2 Å². The van der Waals surface area contributed by atoms with E-state index in [0.717, 1.165) is 6.20 Å². The maximum absolute atomic E-state index is 14.5. The monoisotopic (exact) mass is 488 g/mol. The molecule has 2 aliphatic rings. The van der Waals surface area contributed by atoms with Crippen molar-refractivity contribution < 1.29 is 32.5 Å². The Balaban J connectivity index is 1.41. The Morgan fingerprint density at radius 1 is 1.17 bits per heavy atom. The molecule has 13 heteroatoms. The Morgan fingerprint density at radius 2 is 1.89 bits per heavy atom. The van der Waals surface area contributed by atoms with Crippen molar-refractivity contribution in [2.45, 2.75) is 6.61 Å². The molecule has 0 saturated carbocycles. The molecule has 0 spiro atoms. The van der Waals surface area contributed by atoms with Crippen molar-refractivity contribution >= 4 is 23.6 Å². The third-order valence-electron chi connectivity index (χ3n) is 5.89. The zero-order valence-electron chi connectivity index (χ0n) is 18.1. The highest BCUT2D eigenvalue weighted by Crippen LogP contribution is 2.32. The van der Waals surface area contributed by atoms with Crippen molar-refractivity contribution in [2.75, 3.05) is 36.5 Å². The minimum Gasteiger partial charge on any atom is -0.476 e. The first-order valence-corrected chi connectivity index (χ1v) is 10.7. The quantitative estimate of drug-likeness (QED) is 0.513. The highest BCUT2D eigenvalue weighted by Gasteiger charge is 2.38. The van der Waals surface area contributed by atoms with Gasteiger partial charge in [0.1, 0.15) is 5.75 Å². The number of carboxylic acids is 1. The van der Waals surface area contributed by atoms with E-state index in [4.69, 9.17) is 4.74 Å². The van der Waals surface area contributed by atoms with Crippen molar-refractivity contribution in [3.05, 3.63) is 48.0 Å². The van der Waals surface area contributed by atoms with Gasteiger partial charge in [0.2, 0.25) is 5.95 Å². The maximum atomic E-state index is 14.5. The summed E-state index contributed by atoms with van der Waals surface area (Å²) in [5.41, 5.74) is 0.130. The number of benzene rings is 1. The van der Waals surface area contributed by atoms with Gasteiger partial charge in [0.25, 0.3) is 0 Å². The summed E-state index contributed by atoms with van der Waals surface area (Å²) in [6, 6.07) is 6.71. The Hall–Kier alpha value is -4.00. The van der Waals surface area contributed by atoms with Crippen molar-refractivity contribution in [2.24, 2.45) is 11.8 Å². The van der Waals surface area contributed by atoms with E-state index in [1.165, 1.54) is 30.3 Å². The molecule has 0 aliphatic carbocycles. The summed E-state index contributed by atoms with van der Waals surface area (Å²) in [5.74, 6) is -1.14. The van der Waals surface area contributed by atoms with Crippen LogP contribution in [0.15, 0.2) is 36.5 Å². The lowest BCUT2D eigenvalue weighted by molar-refractivity contribution is -0.0498. The van der Waals surface area contributed by atoms with E-state index in [-0.39, 0.29) is 28.6 Å². The summed E-state index contributed by atoms with van der Waals surface area (Å²) in [5, 5.41) is 19.8. The number of ether oxygens (including phenoxy) is 2. The highest BCUT2D eigenvalue weighted by molar-refractivity contribution is 5.94. The van der Waals surface area contributed by atoms with Crippen LogP contribution in [0.5, 0.6) is 5.75 Å². The number of nitrogens with zero attached hydrogens (tertiary/aromatic N) is 5. The van der Waals surface area contributed by atoms with Gasteiger partial charge in [-0.25, -0.2) is 14.2 Å². The van der Waals surface area contributed by atoms with Crippen LogP contribution < -0.4 is 15.0 Å². The number of aromatic carboxylic acids is 1. The largest absolute Gasteiger partial charge is 0.476 e. The molecular weight excluding hydrogens is 469 g/mol. The number of rotatable bonds is 7. The standard InChI is InChI=1S/C22H19F3N6O4/c23-16-6-26-22(31-7-12-9-34-10-13(12)8-31)28-19(16)27-17-5-15(18(20(32)33)30-29-17)11-1-3-14(4-2-11)35-21(24)25/h1-6,12-13,21H,7-10H2,(H,32,33)(H,26,27,28,29). The molecule has 4 heterocycles. The van der Waals surface area contributed by atoms with Gasteiger partial charge in [0.15, 0.2) is 23.1 Å². The van der Waals surface area contributed by atoms with Crippen LogP contribution in [-0.2, 0) is 4.74 Å². The minimum atomic E-state index is -2.99. The molecule has 0 radical (unpaired) electrons. The zero-order chi connectivity index (χ0) is 24.5. The van der Waals surface area contributed by atoms with Gasteiger partial charge in [0.05, 0.1) is 19.4 Å². The number of anilines is 3. The smallest absolute Gasteiger partial charge is 0.387 e. The number of aromatic nitrogens is 4. The van der Waals surface area contributed by atoms with Crippen molar-refractivity contribution in [3.63, 3.8) is 0 Å². The zero-order valence-corrected chi connectivity index (χ0v) is 18.1. The second kappa shape index (κ2) is 9.33. The van der Waals surface area contributed by atoms with E-state index in [0.29, 0.717) is 49.7 Å². The Bertz CT molecular complexity index is 1230. The number of hydrogen-bond donors (Lipinski definition) is 2. The Morgan fingerprint density at radius 3 is 2.54 bits per heavy atom. The maximum Gasteiger partial charge on any atom is 0.387 e. The van der Waals surface area contributed by atoms with E-state index >= 15 is 0 Å². The molecule has 35 heavy (non-hydrogen) atoms. The first-order chi connectivity index (χ1) is 16.9. The van der Waals surface area contributed by atoms with Crippen LogP contribution in [0.25, 0.3) is 11.1 Å². The van der Waals surface area contributed by atoms with E-state index in [9.17, 15) is 23.1 Å². The van der Waals surface area contributed by atoms with Crippen molar-refractivity contribution in [1.82, 2.24) is 20.2 Å². The predicted molar refractivity (Wildman–Crippen MR) is 116 cm³/mol. The first-order valence-electron chi connectivity index (χ1n) is 10.7. The average Bonchev–Trinajstić information content (AvgIpc) is 3.43. The lowest BCUT2D eigenvalue weighted by Crippen LogP contribution is -2.24. The first kappa shape index (κ1) is 22.8. The molecule has 2 aliphatic heterocycles. The summed E-state index contributed by atoms with van der Waals surface area (Å²) in [6.45, 7) is -0.222. The SMILES string of the molecule is O=C(O)c1nnc(Nc2nc(N3CC4COCC4C3)ncc2F)cc1-c1ccc(OC(F)F)cc1. The molecule has 0 amide bonds. The number of alkyl halides is 2. The molecule has 5 rings (SSSR count). The summed E-state index contributed by atoms with van der Waals surface area (Å²) in [6.07, 6.45) is 1.05. The molecule has 0 bridgehead atoms. The van der Waals surface area contributed by atoms with Gasteiger partial charge in [-0.3, -0.25) is 0 Å². The van der Waals surface area contributed by atoms with Gasteiger partial charge in [-0.05, 0) is 23.8 Å². The van der Waals surface area contributed by atoms with Gasteiger partial charge in [-0.2, -0.15) is 13.8 Å². The third kappa shape index (κ3) is 4.80. The molecule has 10 nitrogen and oxygen atoms in total. The molecule has 2 unspecified atom stereocenters. The van der Waals surface area contributed by atoms with Crippen LogP contribution in [0.2, 0.25) is 0 Å². The van der Waals surface area contributed by atoms with E-state index in [1.807, 2.05) is 4.90 Å². The fourth-order valence-electron chi connectivity index (χ4n) is 4.22. The predicted octanol–water partition coefficient (Wildman–Crippen LogP) is 3.20. The molecular formula is C22H19F3N6O4. The summed E-state index contributed by atoms with van der Waals surface area (Å²) >= 11 is 0. The Labute approximate surface area is 196 Å². The summed E-state index contributed by atoms with van der Waals surface area (Å²) < 4.78 is 49.1. The molecule has 1 aromatic carbocycles. The fraction of sp³-hybridized carbons (Fsp3) is 0.318. The van der Waals surface area contributed by atoms with Crippen LogP contribution in [0.3, 0.4) is 0 Å². The molecule has 2 aromatic heterocycles. The fourth-order valence-corrected chi connectivity index (χ4v) is 4.22. The van der Waals surface area contributed by atoms with Crippen LogP contribution in [-0.4, -0.2) is 64.2 Å². The van der Waals surface area contributed by atoms with Crippen LogP contribution in [0, 0.1) is 17.7 Å².